The lowest BCUT2D eigenvalue weighted by molar-refractivity contribution is 0.183. The summed E-state index contributed by atoms with van der Waals surface area (Å²) in [6.07, 6.45) is 3.66. The van der Waals surface area contributed by atoms with Crippen LogP contribution in [-0.4, -0.2) is 23.2 Å². The summed E-state index contributed by atoms with van der Waals surface area (Å²) in [4.78, 5) is 8.80. The van der Waals surface area contributed by atoms with E-state index in [4.69, 9.17) is 9.47 Å². The maximum atomic E-state index is 13.1. The fraction of sp³-hybridized carbons (Fsp3) is 0.273. The van der Waals surface area contributed by atoms with Crippen LogP contribution in [0.15, 0.2) is 66.9 Å². The van der Waals surface area contributed by atoms with Gasteiger partial charge in [0.05, 0.1) is 6.04 Å². The Balaban J connectivity index is 1.50. The predicted octanol–water partition coefficient (Wildman–Crippen LogP) is 4.99. The molecule has 0 radical (unpaired) electrons. The summed E-state index contributed by atoms with van der Waals surface area (Å²) < 4.78 is 24.3. The molecule has 1 fully saturated rings. The summed E-state index contributed by atoms with van der Waals surface area (Å²) in [5.41, 5.74) is 1.18. The molecule has 1 aliphatic heterocycles. The first-order chi connectivity index (χ1) is 13.8. The molecule has 2 heterocycles. The first-order valence-electron chi connectivity index (χ1n) is 9.42. The number of aromatic nitrogens is 2. The second kappa shape index (κ2) is 8.80. The lowest BCUT2D eigenvalue weighted by atomic mass is 9.94. The molecule has 1 aliphatic rings. The fourth-order valence-corrected chi connectivity index (χ4v) is 3.31. The topological polar surface area (TPSA) is 56.3 Å². The van der Waals surface area contributed by atoms with Gasteiger partial charge in [-0.25, -0.2) is 9.37 Å². The molecule has 6 heteroatoms. The van der Waals surface area contributed by atoms with Crippen LogP contribution < -0.4 is 10.1 Å². The van der Waals surface area contributed by atoms with Crippen LogP contribution in [0.4, 0.5) is 10.3 Å². The first kappa shape index (κ1) is 18.4. The molecular weight excluding hydrogens is 357 g/mol. The molecule has 0 aliphatic carbocycles. The van der Waals surface area contributed by atoms with E-state index >= 15 is 0 Å². The molecule has 3 aromatic rings. The third-order valence-electron chi connectivity index (χ3n) is 4.76. The van der Waals surface area contributed by atoms with Gasteiger partial charge in [-0.15, -0.1) is 0 Å². The Morgan fingerprint density at radius 3 is 2.68 bits per heavy atom. The van der Waals surface area contributed by atoms with Crippen LogP contribution in [0.25, 0.3) is 0 Å². The highest BCUT2D eigenvalue weighted by Gasteiger charge is 2.22. The van der Waals surface area contributed by atoms with Crippen molar-refractivity contribution in [2.45, 2.75) is 18.9 Å². The molecule has 0 bridgehead atoms. The van der Waals surface area contributed by atoms with Crippen LogP contribution in [-0.2, 0) is 4.74 Å². The number of benzene rings is 2. The third-order valence-corrected chi connectivity index (χ3v) is 4.76. The normalized spacial score (nSPS) is 17.2. The zero-order valence-electron chi connectivity index (χ0n) is 15.4. The number of nitrogens with zero attached hydrogens (tertiary/aromatic N) is 2. The van der Waals surface area contributed by atoms with E-state index in [0.717, 1.165) is 26.1 Å². The summed E-state index contributed by atoms with van der Waals surface area (Å²) in [6.45, 7) is 1.61. The smallest absolute Gasteiger partial charge is 0.226 e. The van der Waals surface area contributed by atoms with E-state index in [2.05, 4.69) is 27.4 Å². The van der Waals surface area contributed by atoms with Crippen molar-refractivity contribution in [3.63, 3.8) is 0 Å². The Bertz CT molecular complexity index is 884. The summed E-state index contributed by atoms with van der Waals surface area (Å²) in [5, 5.41) is 3.44. The average Bonchev–Trinajstić information content (AvgIpc) is 3.23. The van der Waals surface area contributed by atoms with Gasteiger partial charge in [0, 0.05) is 25.5 Å². The van der Waals surface area contributed by atoms with Gasteiger partial charge in [-0.3, -0.25) is 0 Å². The fourth-order valence-electron chi connectivity index (χ4n) is 3.31. The van der Waals surface area contributed by atoms with Crippen molar-refractivity contribution < 1.29 is 13.9 Å². The highest BCUT2D eigenvalue weighted by atomic mass is 19.1. The van der Waals surface area contributed by atoms with Crippen molar-refractivity contribution >= 4 is 5.95 Å². The summed E-state index contributed by atoms with van der Waals surface area (Å²) in [5.74, 6) is 1.62. The molecule has 1 N–H and O–H groups in total. The molecular formula is C22H22FN3O2. The number of anilines is 1. The van der Waals surface area contributed by atoms with Crippen LogP contribution in [0, 0.1) is 11.7 Å². The SMILES string of the molecule is Fc1ccc(Oc2ccnc(NC(CC3CCOC3)c3ccccc3)n2)cc1. The number of nitrogens with one attached hydrogen (secondary N) is 1. The van der Waals surface area contributed by atoms with E-state index in [0.29, 0.717) is 23.5 Å². The Kier molecular flexibility index (Phi) is 5.77. The first-order valence-corrected chi connectivity index (χ1v) is 9.42. The second-order valence-corrected chi connectivity index (χ2v) is 6.85. The minimum atomic E-state index is -0.306. The number of hydrogen-bond donors (Lipinski definition) is 1. The largest absolute Gasteiger partial charge is 0.439 e. The van der Waals surface area contributed by atoms with Gasteiger partial charge in [-0.05, 0) is 48.6 Å². The molecule has 28 heavy (non-hydrogen) atoms. The van der Waals surface area contributed by atoms with Gasteiger partial charge in [0.25, 0.3) is 0 Å². The minimum absolute atomic E-state index is 0.0778. The molecule has 0 spiro atoms. The zero-order valence-corrected chi connectivity index (χ0v) is 15.4. The van der Waals surface area contributed by atoms with Gasteiger partial charge in [0.15, 0.2) is 0 Å². The molecule has 5 nitrogen and oxygen atoms in total. The van der Waals surface area contributed by atoms with Crippen molar-refractivity contribution in [2.75, 3.05) is 18.5 Å². The van der Waals surface area contributed by atoms with Crippen molar-refractivity contribution in [3.8, 4) is 11.6 Å². The summed E-state index contributed by atoms with van der Waals surface area (Å²) in [6, 6.07) is 17.9. The Labute approximate surface area is 163 Å². The summed E-state index contributed by atoms with van der Waals surface area (Å²) >= 11 is 0. The Morgan fingerprint density at radius 1 is 1.11 bits per heavy atom. The Hall–Kier alpha value is -2.99. The molecule has 0 amide bonds. The Morgan fingerprint density at radius 2 is 1.93 bits per heavy atom. The van der Waals surface area contributed by atoms with Gasteiger partial charge >= 0.3 is 0 Å². The third kappa shape index (κ3) is 4.84. The molecule has 2 atom stereocenters. The van der Waals surface area contributed by atoms with Crippen molar-refractivity contribution in [2.24, 2.45) is 5.92 Å². The molecule has 4 rings (SSSR count). The van der Waals surface area contributed by atoms with E-state index < -0.39 is 0 Å². The van der Waals surface area contributed by atoms with Gasteiger partial charge in [-0.1, -0.05) is 30.3 Å². The lowest BCUT2D eigenvalue weighted by Gasteiger charge is -2.22. The predicted molar refractivity (Wildman–Crippen MR) is 105 cm³/mol. The van der Waals surface area contributed by atoms with Crippen molar-refractivity contribution in [3.05, 3.63) is 78.2 Å². The monoisotopic (exact) mass is 379 g/mol. The number of rotatable bonds is 7. The van der Waals surface area contributed by atoms with Gasteiger partial charge in [-0.2, -0.15) is 4.98 Å². The van der Waals surface area contributed by atoms with Gasteiger partial charge in [0.1, 0.15) is 11.6 Å². The van der Waals surface area contributed by atoms with E-state index in [1.165, 1.54) is 17.7 Å². The van der Waals surface area contributed by atoms with Crippen molar-refractivity contribution in [1.29, 1.82) is 0 Å². The van der Waals surface area contributed by atoms with E-state index in [9.17, 15) is 4.39 Å². The molecule has 0 saturated carbocycles. The second-order valence-electron chi connectivity index (χ2n) is 6.85. The zero-order chi connectivity index (χ0) is 19.2. The van der Waals surface area contributed by atoms with Gasteiger partial charge in [0.2, 0.25) is 11.8 Å². The highest BCUT2D eigenvalue weighted by Crippen LogP contribution is 2.29. The molecule has 2 aromatic carbocycles. The average molecular weight is 379 g/mol. The van der Waals surface area contributed by atoms with Gasteiger partial charge < -0.3 is 14.8 Å². The molecule has 1 aromatic heterocycles. The van der Waals surface area contributed by atoms with E-state index in [1.807, 2.05) is 18.2 Å². The number of halogens is 1. The lowest BCUT2D eigenvalue weighted by Crippen LogP contribution is -2.17. The molecule has 1 saturated heterocycles. The summed E-state index contributed by atoms with van der Waals surface area (Å²) in [7, 11) is 0. The van der Waals surface area contributed by atoms with Crippen LogP contribution in [0.2, 0.25) is 0 Å². The molecule has 2 unspecified atom stereocenters. The van der Waals surface area contributed by atoms with Crippen LogP contribution >= 0.6 is 0 Å². The quantitative estimate of drug-likeness (QED) is 0.627. The van der Waals surface area contributed by atoms with E-state index in [-0.39, 0.29) is 11.9 Å². The minimum Gasteiger partial charge on any atom is -0.439 e. The van der Waals surface area contributed by atoms with Crippen molar-refractivity contribution in [1.82, 2.24) is 9.97 Å². The number of hydrogen-bond acceptors (Lipinski definition) is 5. The maximum absolute atomic E-state index is 13.1. The van der Waals surface area contributed by atoms with E-state index in [1.54, 1.807) is 24.4 Å². The maximum Gasteiger partial charge on any atom is 0.226 e. The van der Waals surface area contributed by atoms with Crippen LogP contribution in [0.1, 0.15) is 24.4 Å². The van der Waals surface area contributed by atoms with Crippen LogP contribution in [0.3, 0.4) is 0 Å². The number of ether oxygens (including phenoxy) is 2. The standard InChI is InChI=1S/C22H22FN3O2/c23-18-6-8-19(9-7-18)28-21-10-12-24-22(26-21)25-20(14-16-11-13-27-15-16)17-4-2-1-3-5-17/h1-10,12,16,20H,11,13-15H2,(H,24,25,26). The highest BCUT2D eigenvalue weighted by molar-refractivity contribution is 5.35. The van der Waals surface area contributed by atoms with Crippen LogP contribution in [0.5, 0.6) is 11.6 Å². The molecule has 144 valence electrons.